The van der Waals surface area contributed by atoms with E-state index >= 15 is 0 Å². The molecule has 0 radical (unpaired) electrons. The van der Waals surface area contributed by atoms with Gasteiger partial charge in [-0.05, 0) is 24.1 Å². The third-order valence-corrected chi connectivity index (χ3v) is 2.91. The van der Waals surface area contributed by atoms with Crippen LogP contribution in [0.1, 0.15) is 24.8 Å². The minimum atomic E-state index is -0.934. The van der Waals surface area contributed by atoms with Crippen molar-refractivity contribution in [2.45, 2.75) is 25.8 Å². The normalized spacial score (nSPS) is 9.95. The number of carboxylic acids is 1. The summed E-state index contributed by atoms with van der Waals surface area (Å²) in [4.78, 5) is 33.2. The third-order valence-electron chi connectivity index (χ3n) is 2.66. The first-order chi connectivity index (χ1) is 9.97. The van der Waals surface area contributed by atoms with Crippen LogP contribution in [0.4, 0.5) is 4.79 Å². The van der Waals surface area contributed by atoms with Crippen molar-refractivity contribution in [3.05, 3.63) is 34.9 Å². The van der Waals surface area contributed by atoms with Gasteiger partial charge in [0, 0.05) is 24.4 Å². The second-order valence-electron chi connectivity index (χ2n) is 4.45. The fourth-order valence-electron chi connectivity index (χ4n) is 1.55. The van der Waals surface area contributed by atoms with E-state index in [-0.39, 0.29) is 31.6 Å². The van der Waals surface area contributed by atoms with Gasteiger partial charge in [0.05, 0.1) is 6.54 Å². The first-order valence-electron chi connectivity index (χ1n) is 6.47. The molecule has 1 rings (SSSR count). The fourth-order valence-corrected chi connectivity index (χ4v) is 1.68. The number of carbonyl (C=O) groups excluding carboxylic acids is 2. The minimum absolute atomic E-state index is 0.0471. The van der Waals surface area contributed by atoms with Crippen molar-refractivity contribution in [3.8, 4) is 0 Å². The van der Waals surface area contributed by atoms with Crippen LogP contribution in [0.2, 0.25) is 5.02 Å². The number of nitrogens with one attached hydrogen (secondary N) is 2. The maximum absolute atomic E-state index is 11.5. The third kappa shape index (κ3) is 7.94. The van der Waals surface area contributed by atoms with Crippen LogP contribution in [0.5, 0.6) is 0 Å². The fraction of sp³-hybridized carbons (Fsp3) is 0.357. The molecule has 0 aliphatic heterocycles. The predicted molar refractivity (Wildman–Crippen MR) is 78.2 cm³/mol. The van der Waals surface area contributed by atoms with Crippen molar-refractivity contribution in [3.63, 3.8) is 0 Å². The Labute approximate surface area is 127 Å². The van der Waals surface area contributed by atoms with Gasteiger partial charge in [-0.15, -0.1) is 0 Å². The van der Waals surface area contributed by atoms with E-state index in [4.69, 9.17) is 16.7 Å². The average molecular weight is 313 g/mol. The first kappa shape index (κ1) is 17.0. The summed E-state index contributed by atoms with van der Waals surface area (Å²) in [7, 11) is 0. The molecule has 6 nitrogen and oxygen atoms in total. The number of hydrogen-bond acceptors (Lipinski definition) is 3. The van der Waals surface area contributed by atoms with Crippen LogP contribution in [-0.4, -0.2) is 29.4 Å². The molecule has 0 aromatic heterocycles. The van der Waals surface area contributed by atoms with Crippen LogP contribution in [0.3, 0.4) is 0 Å². The molecule has 0 spiro atoms. The number of Topliss-reactive ketones (excluding diaryl/α,β-unsaturated/α-hetero) is 1. The van der Waals surface area contributed by atoms with E-state index < -0.39 is 12.0 Å². The molecule has 0 aliphatic rings. The second-order valence-corrected chi connectivity index (χ2v) is 4.89. The van der Waals surface area contributed by atoms with E-state index in [1.165, 1.54) is 0 Å². The molecular formula is C14H17ClN2O4. The number of aliphatic carboxylic acids is 1. The van der Waals surface area contributed by atoms with Gasteiger partial charge in [0.1, 0.15) is 0 Å². The monoisotopic (exact) mass is 312 g/mol. The van der Waals surface area contributed by atoms with Crippen LogP contribution < -0.4 is 10.6 Å². The average Bonchev–Trinajstić information content (AvgIpc) is 2.44. The molecule has 0 saturated heterocycles. The molecule has 7 heteroatoms. The molecule has 0 bridgehead atoms. The topological polar surface area (TPSA) is 95.5 Å². The first-order valence-corrected chi connectivity index (χ1v) is 6.85. The van der Waals surface area contributed by atoms with Crippen molar-refractivity contribution in [2.24, 2.45) is 0 Å². The van der Waals surface area contributed by atoms with Gasteiger partial charge in [-0.25, -0.2) is 4.79 Å². The highest BCUT2D eigenvalue weighted by Crippen LogP contribution is 2.08. The molecule has 0 heterocycles. The lowest BCUT2D eigenvalue weighted by atomic mass is 10.2. The van der Waals surface area contributed by atoms with Gasteiger partial charge in [0.2, 0.25) is 0 Å². The lowest BCUT2D eigenvalue weighted by molar-refractivity contribution is -0.137. The molecule has 0 fully saturated rings. The predicted octanol–water partition coefficient (Wildman–Crippen LogP) is 1.96. The van der Waals surface area contributed by atoms with Gasteiger partial charge in [-0.2, -0.15) is 0 Å². The minimum Gasteiger partial charge on any atom is -0.481 e. The van der Waals surface area contributed by atoms with Crippen LogP contribution in [-0.2, 0) is 16.1 Å². The summed E-state index contributed by atoms with van der Waals surface area (Å²) in [5.74, 6) is -1.13. The van der Waals surface area contributed by atoms with Gasteiger partial charge in [0.15, 0.2) is 5.78 Å². The zero-order chi connectivity index (χ0) is 15.7. The van der Waals surface area contributed by atoms with Crippen LogP contribution in [0.25, 0.3) is 0 Å². The number of halogens is 1. The molecule has 1 aromatic carbocycles. The van der Waals surface area contributed by atoms with Crippen molar-refractivity contribution < 1.29 is 19.5 Å². The summed E-state index contributed by atoms with van der Waals surface area (Å²) < 4.78 is 0. The summed E-state index contributed by atoms with van der Waals surface area (Å²) in [5, 5.41) is 14.1. The summed E-state index contributed by atoms with van der Waals surface area (Å²) in [6.07, 6.45) is 0.376. The van der Waals surface area contributed by atoms with E-state index in [1.807, 2.05) is 0 Å². The van der Waals surface area contributed by atoms with E-state index in [0.29, 0.717) is 11.6 Å². The largest absolute Gasteiger partial charge is 0.481 e. The van der Waals surface area contributed by atoms with E-state index in [0.717, 1.165) is 5.56 Å². The summed E-state index contributed by atoms with van der Waals surface area (Å²) in [6, 6.07) is 6.58. The molecule has 0 unspecified atom stereocenters. The Morgan fingerprint density at radius 1 is 1.05 bits per heavy atom. The highest BCUT2D eigenvalue weighted by atomic mass is 35.5. The Morgan fingerprint density at radius 2 is 1.71 bits per heavy atom. The maximum Gasteiger partial charge on any atom is 0.315 e. The van der Waals surface area contributed by atoms with Gasteiger partial charge in [-0.1, -0.05) is 23.7 Å². The Morgan fingerprint density at radius 3 is 2.33 bits per heavy atom. The van der Waals surface area contributed by atoms with Crippen molar-refractivity contribution in [1.82, 2.24) is 10.6 Å². The van der Waals surface area contributed by atoms with Gasteiger partial charge >= 0.3 is 12.0 Å². The SMILES string of the molecule is O=C(O)CCCC(=O)CNC(=O)NCc1ccc(Cl)cc1. The van der Waals surface area contributed by atoms with E-state index in [9.17, 15) is 14.4 Å². The molecule has 2 amide bonds. The smallest absolute Gasteiger partial charge is 0.315 e. The highest BCUT2D eigenvalue weighted by molar-refractivity contribution is 6.30. The standard InChI is InChI=1S/C14H17ClN2O4/c15-11-6-4-10(5-7-11)8-16-14(21)17-9-12(18)2-1-3-13(19)20/h4-7H,1-3,8-9H2,(H,19,20)(H2,16,17,21). The Hall–Kier alpha value is -2.08. The van der Waals surface area contributed by atoms with Gasteiger partial charge in [0.25, 0.3) is 0 Å². The summed E-state index contributed by atoms with van der Waals surface area (Å²) in [6.45, 7) is 0.224. The Bertz CT molecular complexity index is 502. The molecule has 1 aromatic rings. The molecule has 114 valence electrons. The Balaban J connectivity index is 2.17. The summed E-state index contributed by atoms with van der Waals surface area (Å²) >= 11 is 5.75. The van der Waals surface area contributed by atoms with E-state index in [1.54, 1.807) is 24.3 Å². The second kappa shape index (κ2) is 8.97. The van der Waals surface area contributed by atoms with Crippen molar-refractivity contribution in [1.29, 1.82) is 0 Å². The zero-order valence-electron chi connectivity index (χ0n) is 11.4. The van der Waals surface area contributed by atoms with Crippen LogP contribution in [0.15, 0.2) is 24.3 Å². The molecule has 21 heavy (non-hydrogen) atoms. The number of ketones is 1. The van der Waals surface area contributed by atoms with Crippen LogP contribution in [0, 0.1) is 0 Å². The quantitative estimate of drug-likeness (QED) is 0.684. The van der Waals surface area contributed by atoms with E-state index in [2.05, 4.69) is 10.6 Å². The number of carbonyl (C=O) groups is 3. The maximum atomic E-state index is 11.5. The number of urea groups is 1. The van der Waals surface area contributed by atoms with Crippen molar-refractivity contribution in [2.75, 3.05) is 6.54 Å². The molecule has 0 atom stereocenters. The highest BCUT2D eigenvalue weighted by Gasteiger charge is 2.06. The molecule has 0 saturated carbocycles. The number of hydrogen-bond donors (Lipinski definition) is 3. The lowest BCUT2D eigenvalue weighted by Gasteiger charge is -2.07. The number of amides is 2. The number of benzene rings is 1. The number of carboxylic acid groups (broad SMARTS) is 1. The van der Waals surface area contributed by atoms with Gasteiger partial charge in [-0.3, -0.25) is 9.59 Å². The molecule has 0 aliphatic carbocycles. The molecule has 3 N–H and O–H groups in total. The number of rotatable bonds is 8. The zero-order valence-corrected chi connectivity index (χ0v) is 12.2. The lowest BCUT2D eigenvalue weighted by Crippen LogP contribution is -2.38. The van der Waals surface area contributed by atoms with Gasteiger partial charge < -0.3 is 15.7 Å². The van der Waals surface area contributed by atoms with Crippen LogP contribution >= 0.6 is 11.6 Å². The Kier molecular flexibility index (Phi) is 7.25. The molecular weight excluding hydrogens is 296 g/mol. The summed E-state index contributed by atoms with van der Waals surface area (Å²) in [5.41, 5.74) is 0.891. The van der Waals surface area contributed by atoms with Crippen molar-refractivity contribution >= 4 is 29.4 Å².